The van der Waals surface area contributed by atoms with Crippen LogP contribution in [0, 0.1) is 0 Å². The van der Waals surface area contributed by atoms with E-state index in [4.69, 9.17) is 11.6 Å². The number of nitrogens with one attached hydrogen (secondary N) is 1. The molecular formula is C14H17ClN2S2. The zero-order valence-electron chi connectivity index (χ0n) is 10.9. The average Bonchev–Trinajstić information content (AvgIpc) is 2.81. The number of anilines is 1. The molecule has 1 heterocycles. The van der Waals surface area contributed by atoms with Crippen molar-refractivity contribution in [1.82, 2.24) is 4.98 Å². The molecule has 19 heavy (non-hydrogen) atoms. The van der Waals surface area contributed by atoms with E-state index >= 15 is 0 Å². The summed E-state index contributed by atoms with van der Waals surface area (Å²) >= 11 is 9.71. The van der Waals surface area contributed by atoms with E-state index in [0.717, 1.165) is 25.6 Å². The Morgan fingerprint density at radius 1 is 1.32 bits per heavy atom. The Morgan fingerprint density at radius 3 is 2.84 bits per heavy atom. The van der Waals surface area contributed by atoms with Gasteiger partial charge in [0.1, 0.15) is 0 Å². The highest BCUT2D eigenvalue weighted by atomic mass is 35.5. The molecule has 2 aromatic rings. The Kier molecular flexibility index (Phi) is 4.20. The highest BCUT2D eigenvalue weighted by Gasteiger charge is 2.21. The number of thiazole rings is 1. The largest absolute Gasteiger partial charge is 0.359 e. The van der Waals surface area contributed by atoms with Gasteiger partial charge in [-0.15, -0.1) is 0 Å². The molecule has 0 bridgehead atoms. The van der Waals surface area contributed by atoms with Crippen LogP contribution in [0.1, 0.15) is 25.7 Å². The van der Waals surface area contributed by atoms with Crippen molar-refractivity contribution in [2.45, 2.75) is 37.0 Å². The second-order valence-electron chi connectivity index (χ2n) is 4.98. The van der Waals surface area contributed by atoms with Crippen LogP contribution in [-0.4, -0.2) is 22.5 Å². The average molecular weight is 313 g/mol. The van der Waals surface area contributed by atoms with Gasteiger partial charge in [-0.05, 0) is 50.1 Å². The molecule has 0 atom stereocenters. The summed E-state index contributed by atoms with van der Waals surface area (Å²) in [6, 6.07) is 6.46. The monoisotopic (exact) mass is 312 g/mol. The van der Waals surface area contributed by atoms with Gasteiger partial charge in [0.15, 0.2) is 5.13 Å². The molecule has 1 aromatic heterocycles. The van der Waals surface area contributed by atoms with Gasteiger partial charge >= 0.3 is 0 Å². The third-order valence-electron chi connectivity index (χ3n) is 3.69. The minimum atomic E-state index is 0.583. The van der Waals surface area contributed by atoms with Gasteiger partial charge in [-0.2, -0.15) is 11.8 Å². The van der Waals surface area contributed by atoms with E-state index in [1.54, 1.807) is 11.3 Å². The molecule has 1 aliphatic carbocycles. The maximum absolute atomic E-state index is 6.01. The van der Waals surface area contributed by atoms with Crippen molar-refractivity contribution >= 4 is 50.0 Å². The number of halogens is 1. The van der Waals surface area contributed by atoms with Crippen molar-refractivity contribution < 1.29 is 0 Å². The predicted molar refractivity (Wildman–Crippen MR) is 87.8 cm³/mol. The minimum Gasteiger partial charge on any atom is -0.359 e. The second-order valence-corrected chi connectivity index (χ2v) is 7.59. The number of benzene rings is 1. The summed E-state index contributed by atoms with van der Waals surface area (Å²) in [6.07, 6.45) is 7.35. The van der Waals surface area contributed by atoms with Gasteiger partial charge in [0.2, 0.25) is 0 Å². The van der Waals surface area contributed by atoms with Crippen molar-refractivity contribution in [1.29, 1.82) is 0 Å². The Morgan fingerprint density at radius 2 is 2.11 bits per heavy atom. The molecule has 0 saturated heterocycles. The normalized spacial score (nSPS) is 23.7. The third kappa shape index (κ3) is 3.18. The van der Waals surface area contributed by atoms with E-state index in [1.165, 1.54) is 25.7 Å². The second kappa shape index (κ2) is 5.90. The van der Waals surface area contributed by atoms with E-state index in [9.17, 15) is 0 Å². The smallest absolute Gasteiger partial charge is 0.184 e. The van der Waals surface area contributed by atoms with Crippen LogP contribution in [0.2, 0.25) is 5.02 Å². The first kappa shape index (κ1) is 13.5. The van der Waals surface area contributed by atoms with E-state index in [1.807, 2.05) is 30.0 Å². The summed E-state index contributed by atoms with van der Waals surface area (Å²) in [5.41, 5.74) is 1.04. The molecule has 2 nitrogen and oxygen atoms in total. The van der Waals surface area contributed by atoms with Gasteiger partial charge in [0.25, 0.3) is 0 Å². The van der Waals surface area contributed by atoms with Crippen LogP contribution in [0.5, 0.6) is 0 Å². The summed E-state index contributed by atoms with van der Waals surface area (Å²) in [4.78, 5) is 4.63. The summed E-state index contributed by atoms with van der Waals surface area (Å²) in [6.45, 7) is 0. The maximum Gasteiger partial charge on any atom is 0.184 e. The topological polar surface area (TPSA) is 24.9 Å². The highest BCUT2D eigenvalue weighted by Crippen LogP contribution is 2.32. The Labute approximate surface area is 126 Å². The number of nitrogens with zero attached hydrogens (tertiary/aromatic N) is 1. The zero-order chi connectivity index (χ0) is 13.2. The zero-order valence-corrected chi connectivity index (χ0v) is 13.2. The van der Waals surface area contributed by atoms with Crippen LogP contribution < -0.4 is 5.32 Å². The Balaban J connectivity index is 1.68. The number of hydrogen-bond acceptors (Lipinski definition) is 4. The van der Waals surface area contributed by atoms with Crippen LogP contribution in [0.3, 0.4) is 0 Å². The SMILES string of the molecule is CSC1CCC(Nc2nc3ccc(Cl)cc3s2)CC1. The Bertz CT molecular complexity index is 562. The number of hydrogen-bond donors (Lipinski definition) is 1. The summed E-state index contributed by atoms with van der Waals surface area (Å²) in [7, 11) is 0. The molecule has 0 spiro atoms. The van der Waals surface area contributed by atoms with Crippen LogP contribution >= 0.6 is 34.7 Å². The molecule has 0 aliphatic heterocycles. The van der Waals surface area contributed by atoms with E-state index in [0.29, 0.717) is 6.04 Å². The fourth-order valence-electron chi connectivity index (χ4n) is 2.58. The molecule has 1 aliphatic rings. The summed E-state index contributed by atoms with van der Waals surface area (Å²) < 4.78 is 1.16. The quantitative estimate of drug-likeness (QED) is 0.860. The summed E-state index contributed by atoms with van der Waals surface area (Å²) in [5.74, 6) is 0. The highest BCUT2D eigenvalue weighted by molar-refractivity contribution is 7.99. The van der Waals surface area contributed by atoms with Gasteiger partial charge in [0, 0.05) is 16.3 Å². The molecule has 1 N–H and O–H groups in total. The maximum atomic E-state index is 6.01. The first-order valence-electron chi connectivity index (χ1n) is 6.60. The number of aromatic nitrogens is 1. The standard InChI is InChI=1S/C14H17ClN2S2/c1-18-11-5-3-10(4-6-11)16-14-17-12-7-2-9(15)8-13(12)19-14/h2,7-8,10-11H,3-6H2,1H3,(H,16,17). The number of rotatable bonds is 3. The lowest BCUT2D eigenvalue weighted by Crippen LogP contribution is -2.26. The van der Waals surface area contributed by atoms with Crippen molar-refractivity contribution in [2.24, 2.45) is 0 Å². The van der Waals surface area contributed by atoms with Crippen LogP contribution in [0.25, 0.3) is 10.2 Å². The van der Waals surface area contributed by atoms with Gasteiger partial charge in [0.05, 0.1) is 10.2 Å². The molecule has 1 aromatic carbocycles. The third-order valence-corrected chi connectivity index (χ3v) is 6.01. The Hall–Kier alpha value is -0.450. The van der Waals surface area contributed by atoms with Gasteiger partial charge in [-0.1, -0.05) is 22.9 Å². The summed E-state index contributed by atoms with van der Waals surface area (Å²) in [5, 5.41) is 6.26. The van der Waals surface area contributed by atoms with Gasteiger partial charge < -0.3 is 5.32 Å². The minimum absolute atomic E-state index is 0.583. The molecule has 0 unspecified atom stereocenters. The molecule has 1 saturated carbocycles. The van der Waals surface area contributed by atoms with Crippen molar-refractivity contribution in [3.05, 3.63) is 23.2 Å². The molecule has 0 amide bonds. The molecule has 3 rings (SSSR count). The fraction of sp³-hybridized carbons (Fsp3) is 0.500. The molecule has 102 valence electrons. The lowest BCUT2D eigenvalue weighted by molar-refractivity contribution is 0.473. The van der Waals surface area contributed by atoms with Crippen LogP contribution in [-0.2, 0) is 0 Å². The first-order chi connectivity index (χ1) is 9.24. The van der Waals surface area contributed by atoms with Crippen molar-refractivity contribution in [2.75, 3.05) is 11.6 Å². The van der Waals surface area contributed by atoms with Crippen molar-refractivity contribution in [3.8, 4) is 0 Å². The van der Waals surface area contributed by atoms with Gasteiger partial charge in [-0.3, -0.25) is 0 Å². The van der Waals surface area contributed by atoms with Crippen LogP contribution in [0.4, 0.5) is 5.13 Å². The predicted octanol–water partition coefficient (Wildman–Crippen LogP) is 5.04. The van der Waals surface area contributed by atoms with E-state index < -0.39 is 0 Å². The number of thioether (sulfide) groups is 1. The first-order valence-corrected chi connectivity index (χ1v) is 9.08. The molecule has 5 heteroatoms. The molecule has 0 radical (unpaired) electrons. The fourth-order valence-corrected chi connectivity index (χ4v) is 4.54. The van der Waals surface area contributed by atoms with Crippen molar-refractivity contribution in [3.63, 3.8) is 0 Å². The van der Waals surface area contributed by atoms with Crippen LogP contribution in [0.15, 0.2) is 18.2 Å². The van der Waals surface area contributed by atoms with E-state index in [-0.39, 0.29) is 0 Å². The number of fused-ring (bicyclic) bond motifs is 1. The van der Waals surface area contributed by atoms with Gasteiger partial charge in [-0.25, -0.2) is 4.98 Å². The lowest BCUT2D eigenvalue weighted by Gasteiger charge is -2.27. The lowest BCUT2D eigenvalue weighted by atomic mass is 9.95. The van der Waals surface area contributed by atoms with E-state index in [2.05, 4.69) is 16.6 Å². The molecular weight excluding hydrogens is 296 g/mol. The molecule has 1 fully saturated rings.